The van der Waals surface area contributed by atoms with Gasteiger partial charge in [0, 0.05) is 24.1 Å². The van der Waals surface area contributed by atoms with Gasteiger partial charge < -0.3 is 15.5 Å². The average Bonchev–Trinajstić information content (AvgIpc) is 3.10. The van der Waals surface area contributed by atoms with Gasteiger partial charge in [0.05, 0.1) is 0 Å². The number of anilines is 1. The molecule has 5 rings (SSSR count). The molecule has 2 N–H and O–H groups in total. The number of halogens is 1. The highest BCUT2D eigenvalue weighted by molar-refractivity contribution is 5.98. The van der Waals surface area contributed by atoms with Crippen molar-refractivity contribution in [2.75, 3.05) is 5.32 Å². The first-order valence-corrected chi connectivity index (χ1v) is 8.79. The lowest BCUT2D eigenvalue weighted by molar-refractivity contribution is -0.148. The molecule has 26 heavy (non-hydrogen) atoms. The summed E-state index contributed by atoms with van der Waals surface area (Å²) in [7, 11) is 0. The highest BCUT2D eigenvalue weighted by Crippen LogP contribution is 2.52. The number of nitrogens with one attached hydrogen (secondary N) is 2. The minimum absolute atomic E-state index is 0.0166. The van der Waals surface area contributed by atoms with Crippen molar-refractivity contribution in [3.05, 3.63) is 65.7 Å². The zero-order chi connectivity index (χ0) is 17.9. The third kappa shape index (κ3) is 2.01. The number of piperazine rings is 1. The van der Waals surface area contributed by atoms with E-state index in [0.29, 0.717) is 17.7 Å². The summed E-state index contributed by atoms with van der Waals surface area (Å²) in [5.41, 5.74) is 0.435. The lowest BCUT2D eigenvalue weighted by Crippen LogP contribution is -2.64. The van der Waals surface area contributed by atoms with Gasteiger partial charge in [-0.15, -0.1) is 0 Å². The quantitative estimate of drug-likeness (QED) is 0.869. The number of fused-ring (bicyclic) bond motifs is 5. The van der Waals surface area contributed by atoms with Gasteiger partial charge >= 0.3 is 0 Å². The summed E-state index contributed by atoms with van der Waals surface area (Å²) in [4.78, 5) is 27.1. The summed E-state index contributed by atoms with van der Waals surface area (Å²) in [6.07, 6.45) is -0.452. The molecular formula is C20H18FN3O2. The van der Waals surface area contributed by atoms with Crippen LogP contribution in [0.25, 0.3) is 0 Å². The first-order chi connectivity index (χ1) is 12.6. The first-order valence-electron chi connectivity index (χ1n) is 8.79. The molecule has 132 valence electrons. The fourth-order valence-corrected chi connectivity index (χ4v) is 4.45. The average molecular weight is 351 g/mol. The molecule has 3 aliphatic rings. The Balaban J connectivity index is 1.48. The molecule has 2 aromatic carbocycles. The smallest absolute Gasteiger partial charge is 0.247 e. The fraction of sp³-hybridized carbons (Fsp3) is 0.300. The number of benzene rings is 2. The molecule has 2 aromatic rings. The summed E-state index contributed by atoms with van der Waals surface area (Å²) in [5.74, 6) is -0.514. The van der Waals surface area contributed by atoms with Crippen LogP contribution in [0.15, 0.2) is 54.6 Å². The van der Waals surface area contributed by atoms with Gasteiger partial charge in [-0.2, -0.15) is 0 Å². The van der Waals surface area contributed by atoms with Crippen LogP contribution in [0.3, 0.4) is 0 Å². The van der Waals surface area contributed by atoms with Crippen molar-refractivity contribution in [2.24, 2.45) is 0 Å². The number of para-hydroxylation sites is 1. The standard InChI is InChI=1S/C20H18FN3O2/c21-20-11-16-17(25)22-15(10-12-6-2-1-3-7-12)18(26)24(16)19(20)23-14-9-5-4-8-13(14)20/h1-9,15-16,19,23H,10-11H2,(H,22,25)/t15-,16-,19?,20?/m0/s1. The van der Waals surface area contributed by atoms with Gasteiger partial charge in [0.1, 0.15) is 18.2 Å². The maximum absolute atomic E-state index is 15.9. The van der Waals surface area contributed by atoms with Crippen LogP contribution < -0.4 is 10.6 Å². The predicted octanol–water partition coefficient (Wildman–Crippen LogP) is 1.94. The van der Waals surface area contributed by atoms with Crippen LogP contribution in [0, 0.1) is 0 Å². The Hall–Kier alpha value is -2.89. The van der Waals surface area contributed by atoms with E-state index >= 15 is 4.39 Å². The van der Waals surface area contributed by atoms with E-state index in [2.05, 4.69) is 10.6 Å². The number of rotatable bonds is 2. The lowest BCUT2D eigenvalue weighted by atomic mass is 9.92. The summed E-state index contributed by atoms with van der Waals surface area (Å²) in [6, 6.07) is 15.2. The maximum atomic E-state index is 15.9. The SMILES string of the molecule is O=C1N[C@@H](Cc2ccccc2)C(=O)N2C3Nc4ccccc4C3(F)C[C@@H]12. The van der Waals surface area contributed by atoms with E-state index in [1.165, 1.54) is 4.90 Å². The van der Waals surface area contributed by atoms with Crippen molar-refractivity contribution in [2.45, 2.75) is 36.8 Å². The molecule has 4 atom stereocenters. The second-order valence-corrected chi connectivity index (χ2v) is 7.17. The van der Waals surface area contributed by atoms with E-state index in [4.69, 9.17) is 0 Å². The van der Waals surface area contributed by atoms with Crippen LogP contribution in [0.4, 0.5) is 10.1 Å². The van der Waals surface area contributed by atoms with Gasteiger partial charge in [-0.1, -0.05) is 48.5 Å². The topological polar surface area (TPSA) is 61.4 Å². The lowest BCUT2D eigenvalue weighted by Gasteiger charge is -2.37. The van der Waals surface area contributed by atoms with Crippen molar-refractivity contribution in [1.29, 1.82) is 0 Å². The van der Waals surface area contributed by atoms with Gasteiger partial charge in [-0.25, -0.2) is 4.39 Å². The van der Waals surface area contributed by atoms with Crippen LogP contribution in [0.2, 0.25) is 0 Å². The predicted molar refractivity (Wildman–Crippen MR) is 94.0 cm³/mol. The van der Waals surface area contributed by atoms with Crippen molar-refractivity contribution in [3.63, 3.8) is 0 Å². The van der Waals surface area contributed by atoms with E-state index < -0.39 is 23.9 Å². The van der Waals surface area contributed by atoms with Gasteiger partial charge in [0.15, 0.2) is 5.67 Å². The van der Waals surface area contributed by atoms with Gasteiger partial charge in [-0.05, 0) is 11.6 Å². The normalized spacial score (nSPS) is 31.7. The minimum atomic E-state index is -1.74. The Kier molecular flexibility index (Phi) is 3.13. The number of carbonyl (C=O) groups excluding carboxylic acids is 2. The molecule has 0 bridgehead atoms. The first kappa shape index (κ1) is 15.4. The molecule has 2 fully saturated rings. The third-order valence-electron chi connectivity index (χ3n) is 5.66. The van der Waals surface area contributed by atoms with Crippen molar-refractivity contribution in [1.82, 2.24) is 10.2 Å². The van der Waals surface area contributed by atoms with Crippen LogP contribution in [-0.2, 0) is 21.7 Å². The monoisotopic (exact) mass is 351 g/mol. The zero-order valence-electron chi connectivity index (χ0n) is 14.0. The third-order valence-corrected chi connectivity index (χ3v) is 5.66. The Morgan fingerprint density at radius 1 is 1.04 bits per heavy atom. The Labute approximate surface area is 150 Å². The molecule has 5 nitrogen and oxygen atoms in total. The number of alkyl halides is 1. The maximum Gasteiger partial charge on any atom is 0.247 e. The summed E-state index contributed by atoms with van der Waals surface area (Å²) in [6.45, 7) is 0. The van der Waals surface area contributed by atoms with Crippen LogP contribution in [0.1, 0.15) is 17.5 Å². The van der Waals surface area contributed by atoms with Gasteiger partial charge in [-0.3, -0.25) is 9.59 Å². The summed E-state index contributed by atoms with van der Waals surface area (Å²) >= 11 is 0. The number of carbonyl (C=O) groups is 2. The molecule has 0 aliphatic carbocycles. The molecule has 3 heterocycles. The molecule has 0 aromatic heterocycles. The van der Waals surface area contributed by atoms with E-state index in [-0.39, 0.29) is 18.2 Å². The summed E-state index contributed by atoms with van der Waals surface area (Å²) < 4.78 is 15.9. The van der Waals surface area contributed by atoms with E-state index in [0.717, 1.165) is 5.56 Å². The second-order valence-electron chi connectivity index (χ2n) is 7.17. The number of amides is 2. The highest BCUT2D eigenvalue weighted by Gasteiger charge is 2.63. The molecular weight excluding hydrogens is 333 g/mol. The van der Waals surface area contributed by atoms with Crippen LogP contribution >= 0.6 is 0 Å². The van der Waals surface area contributed by atoms with Crippen molar-refractivity contribution in [3.8, 4) is 0 Å². The Morgan fingerprint density at radius 2 is 1.77 bits per heavy atom. The molecule has 2 saturated heterocycles. The Bertz CT molecular complexity index is 903. The molecule has 2 unspecified atom stereocenters. The second kappa shape index (κ2) is 5.30. The van der Waals surface area contributed by atoms with E-state index in [9.17, 15) is 9.59 Å². The molecule has 0 saturated carbocycles. The van der Waals surface area contributed by atoms with Gasteiger partial charge in [0.2, 0.25) is 11.8 Å². The number of hydrogen-bond donors (Lipinski definition) is 2. The molecule has 2 amide bonds. The fourth-order valence-electron chi connectivity index (χ4n) is 4.45. The number of nitrogens with zero attached hydrogens (tertiary/aromatic N) is 1. The molecule has 0 radical (unpaired) electrons. The van der Waals surface area contributed by atoms with Gasteiger partial charge in [0.25, 0.3) is 0 Å². The van der Waals surface area contributed by atoms with Crippen molar-refractivity contribution >= 4 is 17.5 Å². The Morgan fingerprint density at radius 3 is 2.58 bits per heavy atom. The van der Waals surface area contributed by atoms with Crippen molar-refractivity contribution < 1.29 is 14.0 Å². The summed E-state index contributed by atoms with van der Waals surface area (Å²) in [5, 5.41) is 5.91. The minimum Gasteiger partial charge on any atom is -0.362 e. The number of hydrogen-bond acceptors (Lipinski definition) is 3. The molecule has 6 heteroatoms. The highest BCUT2D eigenvalue weighted by atomic mass is 19.1. The largest absolute Gasteiger partial charge is 0.362 e. The molecule has 0 spiro atoms. The molecule has 3 aliphatic heterocycles. The van der Waals surface area contributed by atoms with E-state index in [1.807, 2.05) is 36.4 Å². The van der Waals surface area contributed by atoms with E-state index in [1.54, 1.807) is 18.2 Å². The van der Waals surface area contributed by atoms with Crippen LogP contribution in [-0.4, -0.2) is 35.0 Å². The zero-order valence-corrected chi connectivity index (χ0v) is 14.0. The van der Waals surface area contributed by atoms with Crippen LogP contribution in [0.5, 0.6) is 0 Å².